The first-order chi connectivity index (χ1) is 29.9. The number of halogens is 2. The number of Topliss-reactive ketones (excluding diaryl/α,β-unsaturated/α-hetero) is 1. The van der Waals surface area contributed by atoms with E-state index in [0.717, 1.165) is 5.57 Å². The molecular formula is C45H61Cl2N3O14. The number of carbonyl (C=O) groups excluding carboxylic acids is 5. The van der Waals surface area contributed by atoms with Crippen molar-refractivity contribution in [2.24, 2.45) is 29.6 Å². The molecule has 19 heteroatoms. The standard InChI is InChI=1S/C45H61Cl2N3O14/c1-17(2)35-37(54)31(43(57)50(35)44-40(59-11)39(63-25(10)52)38(21(6)61-44)62-24(9)51)36(53)30-19(4)12-14-26-27(15-13-18(3)29(26)30)64-28-16-45(58,41(55)22(7)60-28)23(8)49-42(56)34-33(47)32(46)20(5)48-34/h12,14,17,19,21-23,26-30,35,38-41,44,48,54-55,58H,3,13,15-16H2,1-2,4-11H3,(H,49,56). The van der Waals surface area contributed by atoms with Crippen LogP contribution >= 0.6 is 23.2 Å². The average Bonchev–Trinajstić information content (AvgIpc) is 3.63. The van der Waals surface area contributed by atoms with Gasteiger partial charge >= 0.3 is 11.9 Å². The summed E-state index contributed by atoms with van der Waals surface area (Å²) in [5.74, 6) is -6.55. The molecule has 0 radical (unpaired) electrons. The lowest BCUT2D eigenvalue weighted by atomic mass is 9.60. The zero-order chi connectivity index (χ0) is 47.4. The van der Waals surface area contributed by atoms with Gasteiger partial charge in [0.05, 0.1) is 40.4 Å². The first-order valence-corrected chi connectivity index (χ1v) is 22.4. The molecule has 2 saturated heterocycles. The number of hydrogen-bond acceptors (Lipinski definition) is 14. The molecule has 2 amide bonds. The van der Waals surface area contributed by atoms with Gasteiger partial charge in [-0.05, 0) is 58.3 Å². The quantitative estimate of drug-likeness (QED) is 0.109. The van der Waals surface area contributed by atoms with Gasteiger partial charge in [-0.2, -0.15) is 0 Å². The SMILES string of the molecule is C=C1CCC(OC2CC(O)(C(C)NC(=O)c3[nH]c(C)c(Cl)c3Cl)C(O)C(C)O2)C2C=CC(C)C(C(=O)C3=C(O)C(C(C)C)N(C4OC(C)C(OC(C)=O)C(OC(C)=O)C4OC)C3=O)C12. The molecule has 16 unspecified atom stereocenters. The minimum atomic E-state index is -1.92. The number of fused-ring (bicyclic) bond motifs is 1. The number of allylic oxidation sites excluding steroid dienone is 2. The molecule has 5 N–H and O–H groups in total. The third-order valence-electron chi connectivity index (χ3n) is 13.5. The van der Waals surface area contributed by atoms with Gasteiger partial charge in [-0.15, -0.1) is 0 Å². The Morgan fingerprint density at radius 3 is 2.22 bits per heavy atom. The highest BCUT2D eigenvalue weighted by Crippen LogP contribution is 2.50. The van der Waals surface area contributed by atoms with Crippen LogP contribution in [0.4, 0.5) is 0 Å². The first kappa shape index (κ1) is 49.6. The molecule has 5 aliphatic rings. The number of amides is 2. The summed E-state index contributed by atoms with van der Waals surface area (Å²) in [4.78, 5) is 71.7. The summed E-state index contributed by atoms with van der Waals surface area (Å²) in [5, 5.41) is 38.2. The van der Waals surface area contributed by atoms with Gasteiger partial charge in [0, 0.05) is 44.9 Å². The second-order valence-electron chi connectivity index (χ2n) is 18.2. The number of nitrogens with one attached hydrogen (secondary N) is 2. The van der Waals surface area contributed by atoms with Crippen LogP contribution in [0.25, 0.3) is 0 Å². The molecule has 0 spiro atoms. The highest BCUT2D eigenvalue weighted by Gasteiger charge is 2.59. The number of aromatic amines is 1. The van der Waals surface area contributed by atoms with Crippen LogP contribution in [0, 0.1) is 36.5 Å². The average molecular weight is 939 g/mol. The number of hydrogen-bond donors (Lipinski definition) is 5. The molecule has 64 heavy (non-hydrogen) atoms. The molecule has 1 aromatic heterocycles. The van der Waals surface area contributed by atoms with Crippen LogP contribution < -0.4 is 5.32 Å². The molecule has 1 aromatic rings. The van der Waals surface area contributed by atoms with E-state index < -0.39 is 143 Å². The van der Waals surface area contributed by atoms with Crippen molar-refractivity contribution in [1.82, 2.24) is 15.2 Å². The van der Waals surface area contributed by atoms with E-state index in [2.05, 4.69) is 16.9 Å². The van der Waals surface area contributed by atoms with E-state index in [0.29, 0.717) is 18.5 Å². The molecule has 4 heterocycles. The van der Waals surface area contributed by atoms with Crippen molar-refractivity contribution in [2.45, 2.75) is 155 Å². The van der Waals surface area contributed by atoms with Crippen molar-refractivity contribution < 1.29 is 67.7 Å². The Morgan fingerprint density at radius 2 is 1.64 bits per heavy atom. The number of aliphatic hydroxyl groups excluding tert-OH is 2. The number of esters is 2. The predicted octanol–water partition coefficient (Wildman–Crippen LogP) is 4.64. The molecule has 16 atom stereocenters. The van der Waals surface area contributed by atoms with E-state index in [1.54, 1.807) is 41.5 Å². The number of carbonyl (C=O) groups is 5. The Hall–Kier alpha value is -3.81. The summed E-state index contributed by atoms with van der Waals surface area (Å²) in [6.07, 6.45) is -5.17. The number of ketones is 1. The fourth-order valence-corrected chi connectivity index (χ4v) is 10.7. The third-order valence-corrected chi connectivity index (χ3v) is 14.5. The molecule has 0 bridgehead atoms. The Kier molecular flexibility index (Phi) is 14.9. The van der Waals surface area contributed by atoms with E-state index in [-0.39, 0.29) is 22.2 Å². The Morgan fingerprint density at radius 1 is 1.00 bits per heavy atom. The minimum absolute atomic E-state index is 0.00658. The summed E-state index contributed by atoms with van der Waals surface area (Å²) >= 11 is 12.5. The van der Waals surface area contributed by atoms with Crippen molar-refractivity contribution in [3.05, 3.63) is 57.1 Å². The second kappa shape index (κ2) is 19.2. The van der Waals surface area contributed by atoms with Crippen LogP contribution in [0.1, 0.15) is 90.8 Å². The number of H-pyrrole nitrogens is 1. The number of aliphatic hydroxyl groups is 3. The summed E-state index contributed by atoms with van der Waals surface area (Å²) in [6, 6.07) is -2.07. The predicted molar refractivity (Wildman–Crippen MR) is 231 cm³/mol. The molecule has 6 rings (SSSR count). The summed E-state index contributed by atoms with van der Waals surface area (Å²) < 4.78 is 36.0. The molecular weight excluding hydrogens is 877 g/mol. The molecule has 2 aliphatic carbocycles. The van der Waals surface area contributed by atoms with E-state index in [1.165, 1.54) is 25.9 Å². The maximum atomic E-state index is 15.1. The molecule has 3 fully saturated rings. The lowest BCUT2D eigenvalue weighted by molar-refractivity contribution is -0.296. The Labute approximate surface area is 382 Å². The van der Waals surface area contributed by atoms with Gasteiger partial charge in [-0.25, -0.2) is 0 Å². The summed E-state index contributed by atoms with van der Waals surface area (Å²) in [5.41, 5.74) is -1.08. The van der Waals surface area contributed by atoms with E-state index in [4.69, 9.17) is 51.6 Å². The second-order valence-corrected chi connectivity index (χ2v) is 19.0. The van der Waals surface area contributed by atoms with Crippen LogP contribution in [0.2, 0.25) is 10.0 Å². The molecule has 17 nitrogen and oxygen atoms in total. The van der Waals surface area contributed by atoms with Crippen LogP contribution in [-0.2, 0) is 47.6 Å². The number of rotatable bonds is 12. The molecule has 354 valence electrons. The monoisotopic (exact) mass is 937 g/mol. The lowest BCUT2D eigenvalue weighted by Gasteiger charge is -2.50. The maximum absolute atomic E-state index is 15.1. The van der Waals surface area contributed by atoms with Crippen LogP contribution in [0.15, 0.2) is 35.6 Å². The van der Waals surface area contributed by atoms with Gasteiger partial charge in [-0.3, -0.25) is 28.9 Å². The summed E-state index contributed by atoms with van der Waals surface area (Å²) in [6.45, 7) is 18.6. The number of ether oxygens (including phenoxy) is 6. The van der Waals surface area contributed by atoms with Crippen molar-refractivity contribution in [3.63, 3.8) is 0 Å². The molecule has 1 saturated carbocycles. The maximum Gasteiger partial charge on any atom is 0.303 e. The lowest BCUT2D eigenvalue weighted by Crippen LogP contribution is -2.66. The van der Waals surface area contributed by atoms with Crippen molar-refractivity contribution in [3.8, 4) is 0 Å². The zero-order valence-electron chi connectivity index (χ0n) is 37.8. The molecule has 0 aromatic carbocycles. The van der Waals surface area contributed by atoms with Gasteiger partial charge in [0.15, 0.2) is 30.5 Å². The van der Waals surface area contributed by atoms with Crippen molar-refractivity contribution in [1.29, 1.82) is 0 Å². The fraction of sp³-hybridized carbons (Fsp3) is 0.667. The number of aromatic nitrogens is 1. The zero-order valence-corrected chi connectivity index (χ0v) is 39.3. The van der Waals surface area contributed by atoms with E-state index >= 15 is 4.79 Å². The smallest absolute Gasteiger partial charge is 0.303 e. The fourth-order valence-electron chi connectivity index (χ4n) is 10.3. The third kappa shape index (κ3) is 9.03. The Balaban J connectivity index is 1.25. The van der Waals surface area contributed by atoms with Gasteiger partial charge in [0.2, 0.25) is 0 Å². The topological polar surface area (TPSA) is 232 Å². The van der Waals surface area contributed by atoms with Gasteiger partial charge in [-0.1, -0.05) is 68.3 Å². The van der Waals surface area contributed by atoms with Crippen molar-refractivity contribution in [2.75, 3.05) is 7.11 Å². The highest BCUT2D eigenvalue weighted by molar-refractivity contribution is 6.44. The van der Waals surface area contributed by atoms with Crippen molar-refractivity contribution >= 4 is 52.7 Å². The number of aryl methyl sites for hydroxylation is 1. The number of methoxy groups -OCH3 is 1. The van der Waals surface area contributed by atoms with Gasteiger partial charge in [0.1, 0.15) is 34.8 Å². The minimum Gasteiger partial charge on any atom is -0.509 e. The first-order valence-electron chi connectivity index (χ1n) is 21.7. The summed E-state index contributed by atoms with van der Waals surface area (Å²) in [7, 11) is 1.32. The number of nitrogens with zero attached hydrogens (tertiary/aromatic N) is 1. The largest absolute Gasteiger partial charge is 0.509 e. The highest BCUT2D eigenvalue weighted by atomic mass is 35.5. The Bertz CT molecular complexity index is 2090. The van der Waals surface area contributed by atoms with Gasteiger partial charge in [0.25, 0.3) is 11.8 Å². The van der Waals surface area contributed by atoms with Gasteiger partial charge < -0.3 is 54.0 Å². The van der Waals surface area contributed by atoms with E-state index in [9.17, 15) is 34.5 Å². The van der Waals surface area contributed by atoms with Crippen LogP contribution in [0.5, 0.6) is 0 Å². The normalized spacial score (nSPS) is 37.1. The van der Waals surface area contributed by atoms with Crippen LogP contribution in [0.3, 0.4) is 0 Å². The van der Waals surface area contributed by atoms with E-state index in [1.807, 2.05) is 19.1 Å². The molecule has 3 aliphatic heterocycles. The van der Waals surface area contributed by atoms with Crippen LogP contribution in [-0.4, -0.2) is 135 Å².